The van der Waals surface area contributed by atoms with Crippen LogP contribution in [0.1, 0.15) is 39.5 Å². The molecule has 0 aromatic rings. The molecule has 14 heavy (non-hydrogen) atoms. The fourth-order valence-electron chi connectivity index (χ4n) is 2.63. The van der Waals surface area contributed by atoms with Crippen LogP contribution >= 0.6 is 0 Å². The van der Waals surface area contributed by atoms with Crippen LogP contribution in [-0.2, 0) is 4.74 Å². The van der Waals surface area contributed by atoms with E-state index >= 15 is 0 Å². The molecular weight excluding hydrogens is 178 g/mol. The van der Waals surface area contributed by atoms with Crippen LogP contribution in [0.4, 0.5) is 4.79 Å². The van der Waals surface area contributed by atoms with Crippen LogP contribution in [0, 0.1) is 5.92 Å². The molecular formula is C11H19NO2. The van der Waals surface area contributed by atoms with Gasteiger partial charge >= 0.3 is 6.09 Å². The van der Waals surface area contributed by atoms with Crippen molar-refractivity contribution in [2.45, 2.75) is 45.1 Å². The van der Waals surface area contributed by atoms with E-state index < -0.39 is 0 Å². The van der Waals surface area contributed by atoms with E-state index in [1.807, 2.05) is 4.90 Å². The first-order valence-electron chi connectivity index (χ1n) is 5.58. The third kappa shape index (κ3) is 1.49. The monoisotopic (exact) mass is 197 g/mol. The van der Waals surface area contributed by atoms with Crippen LogP contribution in [0.25, 0.3) is 0 Å². The molecule has 2 aliphatic rings. The minimum atomic E-state index is -0.0967. The number of cyclic esters (lactones) is 1. The first-order valence-corrected chi connectivity index (χ1v) is 5.58. The van der Waals surface area contributed by atoms with E-state index in [0.29, 0.717) is 12.5 Å². The largest absolute Gasteiger partial charge is 0.447 e. The molecule has 1 saturated heterocycles. The molecule has 80 valence electrons. The maximum Gasteiger partial charge on any atom is 0.410 e. The molecule has 1 aliphatic carbocycles. The Balaban J connectivity index is 2.12. The molecule has 3 heteroatoms. The molecule has 0 radical (unpaired) electrons. The van der Waals surface area contributed by atoms with Gasteiger partial charge in [0.15, 0.2) is 0 Å². The number of amides is 1. The number of hydrogen-bond acceptors (Lipinski definition) is 2. The van der Waals surface area contributed by atoms with Crippen LogP contribution in [0.2, 0.25) is 0 Å². The summed E-state index contributed by atoms with van der Waals surface area (Å²) in [5, 5.41) is 0. The number of carbonyl (C=O) groups excluding carboxylic acids is 1. The van der Waals surface area contributed by atoms with Gasteiger partial charge in [0.2, 0.25) is 0 Å². The lowest BCUT2D eigenvalue weighted by Crippen LogP contribution is -2.46. The maximum atomic E-state index is 11.6. The lowest BCUT2D eigenvalue weighted by molar-refractivity contribution is 0.142. The van der Waals surface area contributed by atoms with E-state index in [-0.39, 0.29) is 11.6 Å². The summed E-state index contributed by atoms with van der Waals surface area (Å²) in [6, 6.07) is 0. The first-order chi connectivity index (χ1) is 6.64. The summed E-state index contributed by atoms with van der Waals surface area (Å²) >= 11 is 0. The lowest BCUT2D eigenvalue weighted by atomic mass is 9.96. The number of ether oxygens (including phenoxy) is 1. The highest BCUT2D eigenvalue weighted by Gasteiger charge is 2.48. The third-order valence-corrected chi connectivity index (χ3v) is 3.34. The Morgan fingerprint density at radius 2 is 2.07 bits per heavy atom. The normalized spacial score (nSPS) is 25.1. The predicted molar refractivity (Wildman–Crippen MR) is 54.1 cm³/mol. The van der Waals surface area contributed by atoms with E-state index in [9.17, 15) is 4.79 Å². The second-order valence-corrected chi connectivity index (χ2v) is 4.99. The Morgan fingerprint density at radius 3 is 2.64 bits per heavy atom. The number of carbonyl (C=O) groups is 1. The smallest absolute Gasteiger partial charge is 0.410 e. The van der Waals surface area contributed by atoms with Crippen molar-refractivity contribution >= 4 is 6.09 Å². The van der Waals surface area contributed by atoms with E-state index in [0.717, 1.165) is 19.4 Å². The number of nitrogens with zero attached hydrogens (tertiary/aromatic N) is 1. The van der Waals surface area contributed by atoms with Gasteiger partial charge in [-0.05, 0) is 18.8 Å². The molecule has 3 nitrogen and oxygen atoms in total. The Kier molecular flexibility index (Phi) is 2.41. The Bertz CT molecular complexity index is 231. The van der Waals surface area contributed by atoms with Crippen molar-refractivity contribution in [1.82, 2.24) is 4.90 Å². The van der Waals surface area contributed by atoms with Gasteiger partial charge in [-0.15, -0.1) is 0 Å². The minimum Gasteiger partial charge on any atom is -0.447 e. The minimum absolute atomic E-state index is 0.0708. The van der Waals surface area contributed by atoms with Crippen LogP contribution < -0.4 is 0 Å². The summed E-state index contributed by atoms with van der Waals surface area (Å²) in [4.78, 5) is 13.6. The van der Waals surface area contributed by atoms with Gasteiger partial charge in [-0.25, -0.2) is 4.79 Å². The zero-order valence-corrected chi connectivity index (χ0v) is 9.08. The Morgan fingerprint density at radius 1 is 1.43 bits per heavy atom. The van der Waals surface area contributed by atoms with Crippen LogP contribution in [0.3, 0.4) is 0 Å². The highest BCUT2D eigenvalue weighted by atomic mass is 16.6. The molecule has 0 atom stereocenters. The topological polar surface area (TPSA) is 29.5 Å². The SMILES string of the molecule is CC(C)CN1C(=O)OCC12CCCC2. The predicted octanol–water partition coefficient (Wildman–Crippen LogP) is 2.41. The lowest BCUT2D eigenvalue weighted by Gasteiger charge is -2.32. The summed E-state index contributed by atoms with van der Waals surface area (Å²) in [5.41, 5.74) is 0.0708. The Hall–Kier alpha value is -0.730. The molecule has 2 fully saturated rings. The van der Waals surface area contributed by atoms with Gasteiger partial charge in [-0.2, -0.15) is 0 Å². The van der Waals surface area contributed by atoms with E-state index in [2.05, 4.69) is 13.8 Å². The highest BCUT2D eigenvalue weighted by Crippen LogP contribution is 2.39. The summed E-state index contributed by atoms with van der Waals surface area (Å²) in [5.74, 6) is 0.526. The van der Waals surface area contributed by atoms with Gasteiger partial charge in [0.1, 0.15) is 6.61 Å². The molecule has 0 aromatic heterocycles. The van der Waals surface area contributed by atoms with E-state index in [1.54, 1.807) is 0 Å². The van der Waals surface area contributed by atoms with E-state index in [4.69, 9.17) is 4.74 Å². The van der Waals surface area contributed by atoms with Gasteiger partial charge in [-0.1, -0.05) is 26.7 Å². The molecule has 1 heterocycles. The molecule has 1 amide bonds. The molecule has 1 aliphatic heterocycles. The van der Waals surface area contributed by atoms with Crippen LogP contribution in [-0.4, -0.2) is 29.7 Å². The standard InChI is InChI=1S/C11H19NO2/c1-9(2)7-12-10(13)14-8-11(12)5-3-4-6-11/h9H,3-8H2,1-2H3. The molecule has 0 bridgehead atoms. The fourth-order valence-corrected chi connectivity index (χ4v) is 2.63. The molecule has 1 spiro atoms. The summed E-state index contributed by atoms with van der Waals surface area (Å²) in [7, 11) is 0. The second kappa shape index (κ2) is 3.44. The van der Waals surface area contributed by atoms with Crippen molar-refractivity contribution in [3.8, 4) is 0 Å². The van der Waals surface area contributed by atoms with Crippen molar-refractivity contribution in [2.75, 3.05) is 13.2 Å². The molecule has 0 N–H and O–H groups in total. The quantitative estimate of drug-likeness (QED) is 0.680. The van der Waals surface area contributed by atoms with Crippen molar-refractivity contribution in [3.05, 3.63) is 0 Å². The summed E-state index contributed by atoms with van der Waals surface area (Å²) < 4.78 is 5.19. The molecule has 0 aromatic carbocycles. The van der Waals surface area contributed by atoms with Gasteiger partial charge < -0.3 is 4.74 Å². The zero-order valence-electron chi connectivity index (χ0n) is 9.08. The molecule has 0 unspecified atom stereocenters. The third-order valence-electron chi connectivity index (χ3n) is 3.34. The summed E-state index contributed by atoms with van der Waals surface area (Å²) in [6.45, 7) is 5.76. The van der Waals surface area contributed by atoms with Crippen molar-refractivity contribution < 1.29 is 9.53 Å². The second-order valence-electron chi connectivity index (χ2n) is 4.99. The van der Waals surface area contributed by atoms with Crippen molar-refractivity contribution in [3.63, 3.8) is 0 Å². The van der Waals surface area contributed by atoms with Crippen LogP contribution in [0.5, 0.6) is 0 Å². The molecule has 2 rings (SSSR count). The highest BCUT2D eigenvalue weighted by molar-refractivity contribution is 5.71. The molecule has 1 saturated carbocycles. The first kappa shape index (κ1) is 9.81. The van der Waals surface area contributed by atoms with Crippen molar-refractivity contribution in [2.24, 2.45) is 5.92 Å². The number of rotatable bonds is 2. The van der Waals surface area contributed by atoms with Gasteiger partial charge in [-0.3, -0.25) is 4.90 Å². The maximum absolute atomic E-state index is 11.6. The average Bonchev–Trinajstić information content (AvgIpc) is 2.69. The van der Waals surface area contributed by atoms with Crippen LogP contribution in [0.15, 0.2) is 0 Å². The Labute approximate surface area is 85.4 Å². The zero-order chi connectivity index (χ0) is 10.2. The van der Waals surface area contributed by atoms with E-state index in [1.165, 1.54) is 12.8 Å². The number of hydrogen-bond donors (Lipinski definition) is 0. The van der Waals surface area contributed by atoms with Gasteiger partial charge in [0.05, 0.1) is 5.54 Å². The van der Waals surface area contributed by atoms with Gasteiger partial charge in [0.25, 0.3) is 0 Å². The fraction of sp³-hybridized carbons (Fsp3) is 0.909. The van der Waals surface area contributed by atoms with Gasteiger partial charge in [0, 0.05) is 6.54 Å². The van der Waals surface area contributed by atoms with Crippen molar-refractivity contribution in [1.29, 1.82) is 0 Å². The average molecular weight is 197 g/mol. The summed E-state index contributed by atoms with van der Waals surface area (Å²) in [6.07, 6.45) is 4.65.